The van der Waals surface area contributed by atoms with E-state index < -0.39 is 0 Å². The Bertz CT molecular complexity index is 599. The van der Waals surface area contributed by atoms with Gasteiger partial charge in [-0.25, -0.2) is 0 Å². The number of allylic oxidation sites excluding steroid dienone is 1. The van der Waals surface area contributed by atoms with Crippen LogP contribution in [0.1, 0.15) is 12.5 Å². The van der Waals surface area contributed by atoms with Crippen molar-refractivity contribution in [2.24, 2.45) is 10.7 Å². The molecule has 2 N–H and O–H groups in total. The average Bonchev–Trinajstić information content (AvgIpc) is 2.49. The molecule has 2 rings (SSSR count). The highest BCUT2D eigenvalue weighted by Crippen LogP contribution is 2.21. The molecule has 0 amide bonds. The van der Waals surface area contributed by atoms with Gasteiger partial charge in [0.05, 0.1) is 0 Å². The van der Waals surface area contributed by atoms with E-state index in [1.165, 1.54) is 11.1 Å². The molecule has 20 heavy (non-hydrogen) atoms. The lowest BCUT2D eigenvalue weighted by atomic mass is 10.0. The lowest BCUT2D eigenvalue weighted by Crippen LogP contribution is -1.94. The molecule has 0 heterocycles. The number of alkyl halides is 1. The number of rotatable bonds is 4. The van der Waals surface area contributed by atoms with E-state index >= 15 is 0 Å². The Balaban J connectivity index is 2.24. The van der Waals surface area contributed by atoms with Gasteiger partial charge in [-0.2, -0.15) is 0 Å². The van der Waals surface area contributed by atoms with Crippen LogP contribution in [0, 0.1) is 0 Å². The van der Waals surface area contributed by atoms with Gasteiger partial charge in [0.25, 0.3) is 0 Å². The van der Waals surface area contributed by atoms with Crippen molar-refractivity contribution in [1.29, 1.82) is 0 Å². The second-order valence-electron chi connectivity index (χ2n) is 4.42. The Kier molecular flexibility index (Phi) is 4.97. The van der Waals surface area contributed by atoms with Gasteiger partial charge in [-0.1, -0.05) is 66.2 Å². The van der Waals surface area contributed by atoms with E-state index in [1.54, 1.807) is 12.4 Å². The molecule has 2 aromatic carbocycles. The fourth-order valence-corrected chi connectivity index (χ4v) is 1.94. The summed E-state index contributed by atoms with van der Waals surface area (Å²) in [6, 6.07) is 18.5. The zero-order valence-electron chi connectivity index (χ0n) is 11.3. The Morgan fingerprint density at radius 2 is 1.65 bits per heavy atom. The van der Waals surface area contributed by atoms with Crippen molar-refractivity contribution >= 4 is 23.4 Å². The number of halogens is 1. The lowest BCUT2D eigenvalue weighted by molar-refractivity contribution is 1.04. The Morgan fingerprint density at radius 3 is 2.20 bits per heavy atom. The van der Waals surface area contributed by atoms with Gasteiger partial charge in [-0.3, -0.25) is 4.99 Å². The molecule has 0 saturated carbocycles. The third-order valence-electron chi connectivity index (χ3n) is 2.92. The van der Waals surface area contributed by atoms with Gasteiger partial charge in [0, 0.05) is 18.0 Å². The van der Waals surface area contributed by atoms with E-state index in [1.807, 2.05) is 37.3 Å². The molecule has 0 aromatic heterocycles. The van der Waals surface area contributed by atoms with Crippen LogP contribution in [0.2, 0.25) is 0 Å². The first-order valence-electron chi connectivity index (χ1n) is 6.45. The maximum atomic E-state index is 5.81. The topological polar surface area (TPSA) is 38.4 Å². The van der Waals surface area contributed by atoms with Crippen LogP contribution in [0.5, 0.6) is 0 Å². The van der Waals surface area contributed by atoms with Gasteiger partial charge in [-0.05, 0) is 23.6 Å². The highest BCUT2D eigenvalue weighted by Gasteiger charge is 2.01. The van der Waals surface area contributed by atoms with Crippen molar-refractivity contribution in [1.82, 2.24) is 0 Å². The first kappa shape index (κ1) is 14.4. The molecule has 0 fully saturated rings. The summed E-state index contributed by atoms with van der Waals surface area (Å²) in [7, 11) is 0. The second-order valence-corrected chi connectivity index (χ2v) is 5.05. The molecule has 2 aromatic rings. The minimum atomic E-state index is -0.256. The summed E-state index contributed by atoms with van der Waals surface area (Å²) in [5, 5.41) is 0. The number of nitrogens with zero attached hydrogens (tertiary/aromatic N) is 1. The molecule has 0 saturated heterocycles. The molecule has 0 radical (unpaired) electrons. The van der Waals surface area contributed by atoms with E-state index in [4.69, 9.17) is 17.3 Å². The third-order valence-corrected chi connectivity index (χ3v) is 3.04. The predicted molar refractivity (Wildman–Crippen MR) is 87.8 cm³/mol. The number of hydrogen-bond acceptors (Lipinski definition) is 2. The van der Waals surface area contributed by atoms with Gasteiger partial charge >= 0.3 is 0 Å². The van der Waals surface area contributed by atoms with Crippen molar-refractivity contribution < 1.29 is 0 Å². The van der Waals surface area contributed by atoms with Crippen LogP contribution < -0.4 is 5.73 Å². The lowest BCUT2D eigenvalue weighted by Gasteiger charge is -2.05. The number of benzene rings is 2. The molecule has 0 spiro atoms. The maximum absolute atomic E-state index is 5.81. The molecule has 0 aliphatic heterocycles. The van der Waals surface area contributed by atoms with Crippen molar-refractivity contribution in [2.45, 2.75) is 12.4 Å². The van der Waals surface area contributed by atoms with Crippen molar-refractivity contribution in [3.63, 3.8) is 0 Å². The monoisotopic (exact) mass is 284 g/mol. The normalized spacial score (nSPS) is 13.6. The van der Waals surface area contributed by atoms with Crippen LogP contribution in [0.4, 0.5) is 0 Å². The molecule has 2 nitrogen and oxygen atoms in total. The third kappa shape index (κ3) is 3.72. The molecular weight excluding hydrogens is 268 g/mol. The second kappa shape index (κ2) is 6.92. The number of nitrogens with two attached hydrogens (primary N) is 1. The summed E-state index contributed by atoms with van der Waals surface area (Å²) < 4.78 is 0. The van der Waals surface area contributed by atoms with E-state index in [9.17, 15) is 0 Å². The Morgan fingerprint density at radius 1 is 1.05 bits per heavy atom. The highest BCUT2D eigenvalue weighted by atomic mass is 35.5. The molecule has 0 aliphatic carbocycles. The van der Waals surface area contributed by atoms with E-state index in [0.29, 0.717) is 0 Å². The fraction of sp³-hybridized carbons (Fsp3) is 0.118. The standard InChI is InChI=1S/C17H17ClN2/c1-13(18)20-12-17(11-19)16-9-7-15(8-10-16)14-5-3-2-4-6-14/h2-13H,19H2,1H3/b17-11+,20-12?. The van der Waals surface area contributed by atoms with Crippen molar-refractivity contribution in [3.8, 4) is 11.1 Å². The predicted octanol–water partition coefficient (Wildman–Crippen LogP) is 4.31. The van der Waals surface area contributed by atoms with Crippen molar-refractivity contribution in [2.75, 3.05) is 0 Å². The van der Waals surface area contributed by atoms with Gasteiger partial charge in [0.2, 0.25) is 0 Å². The minimum Gasteiger partial charge on any atom is -0.404 e. The smallest absolute Gasteiger partial charge is 0.121 e. The molecule has 1 atom stereocenters. The molecule has 3 heteroatoms. The molecule has 0 bridgehead atoms. The summed E-state index contributed by atoms with van der Waals surface area (Å²) in [5.74, 6) is 0. The number of aliphatic imine (C=N–C) groups is 1. The quantitative estimate of drug-likeness (QED) is 0.507. The fourth-order valence-electron chi connectivity index (χ4n) is 1.88. The van der Waals surface area contributed by atoms with E-state index in [0.717, 1.165) is 11.1 Å². The van der Waals surface area contributed by atoms with Crippen molar-refractivity contribution in [3.05, 3.63) is 66.4 Å². The Hall–Kier alpha value is -2.06. The molecule has 0 aliphatic rings. The van der Waals surface area contributed by atoms with E-state index in [2.05, 4.69) is 29.3 Å². The maximum Gasteiger partial charge on any atom is 0.121 e. The highest BCUT2D eigenvalue weighted by molar-refractivity contribution is 6.21. The average molecular weight is 285 g/mol. The zero-order valence-corrected chi connectivity index (χ0v) is 12.1. The van der Waals surface area contributed by atoms with Gasteiger partial charge in [0.15, 0.2) is 0 Å². The van der Waals surface area contributed by atoms with E-state index in [-0.39, 0.29) is 5.50 Å². The summed E-state index contributed by atoms with van der Waals surface area (Å²) in [4.78, 5) is 4.14. The zero-order chi connectivity index (χ0) is 14.4. The molecule has 102 valence electrons. The van der Waals surface area contributed by atoms with Crippen LogP contribution >= 0.6 is 11.6 Å². The first-order valence-corrected chi connectivity index (χ1v) is 6.89. The summed E-state index contributed by atoms with van der Waals surface area (Å²) in [6.45, 7) is 1.81. The van der Waals surface area contributed by atoms with Gasteiger partial charge in [0.1, 0.15) is 5.50 Å². The largest absolute Gasteiger partial charge is 0.404 e. The minimum absolute atomic E-state index is 0.256. The molecular formula is C17H17ClN2. The van der Waals surface area contributed by atoms with Crippen LogP contribution in [-0.4, -0.2) is 11.7 Å². The van der Waals surface area contributed by atoms with Crippen LogP contribution in [0.25, 0.3) is 16.7 Å². The van der Waals surface area contributed by atoms with Crippen LogP contribution in [0.15, 0.2) is 65.8 Å². The summed E-state index contributed by atoms with van der Waals surface area (Å²) in [5.41, 5.74) is 9.64. The Labute approximate surface area is 124 Å². The number of hydrogen-bond donors (Lipinski definition) is 1. The van der Waals surface area contributed by atoms with Crippen LogP contribution in [0.3, 0.4) is 0 Å². The van der Waals surface area contributed by atoms with Gasteiger partial charge in [-0.15, -0.1) is 0 Å². The summed E-state index contributed by atoms with van der Waals surface area (Å²) >= 11 is 5.81. The van der Waals surface area contributed by atoms with Crippen LogP contribution in [-0.2, 0) is 0 Å². The summed E-state index contributed by atoms with van der Waals surface area (Å²) in [6.07, 6.45) is 3.25. The SMILES string of the molecule is CC(Cl)N=C/C(=C\N)c1ccc(-c2ccccc2)cc1. The van der Waals surface area contributed by atoms with Gasteiger partial charge < -0.3 is 5.73 Å². The molecule has 1 unspecified atom stereocenters. The first-order chi connectivity index (χ1) is 9.70.